The van der Waals surface area contributed by atoms with E-state index in [9.17, 15) is 4.79 Å². The maximum Gasteiger partial charge on any atom is 0.166 e. The lowest BCUT2D eigenvalue weighted by molar-refractivity contribution is -0.124. The van der Waals surface area contributed by atoms with Crippen LogP contribution in [0.5, 0.6) is 0 Å². The molecule has 3 nitrogen and oxygen atoms in total. The molecule has 0 radical (unpaired) electrons. The fraction of sp³-hybridized carbons (Fsp3) is 0.417. The van der Waals surface area contributed by atoms with E-state index >= 15 is 0 Å². The highest BCUT2D eigenvalue weighted by molar-refractivity contribution is 5.89. The van der Waals surface area contributed by atoms with Crippen LogP contribution in [0.3, 0.4) is 0 Å². The quantitative estimate of drug-likeness (QED) is 0.817. The summed E-state index contributed by atoms with van der Waals surface area (Å²) in [5.74, 6) is 0.175. The van der Waals surface area contributed by atoms with Gasteiger partial charge in [-0.05, 0) is 18.1 Å². The number of methoxy groups -OCH3 is 1. The SMILES string of the molecule is COCC(=O)C1CCNc2ccccc21. The van der Waals surface area contributed by atoms with Crippen molar-refractivity contribution in [1.29, 1.82) is 0 Å². The van der Waals surface area contributed by atoms with E-state index in [1.54, 1.807) is 7.11 Å². The normalized spacial score (nSPS) is 19.1. The molecular weight excluding hydrogens is 190 g/mol. The van der Waals surface area contributed by atoms with Gasteiger partial charge in [-0.3, -0.25) is 4.79 Å². The van der Waals surface area contributed by atoms with E-state index in [0.29, 0.717) is 0 Å². The Bertz CT molecular complexity index is 362. The van der Waals surface area contributed by atoms with E-state index in [0.717, 1.165) is 24.2 Å². The number of anilines is 1. The van der Waals surface area contributed by atoms with Crippen LogP contribution in [0.25, 0.3) is 0 Å². The van der Waals surface area contributed by atoms with Gasteiger partial charge >= 0.3 is 0 Å². The van der Waals surface area contributed by atoms with Gasteiger partial charge in [0.05, 0.1) is 0 Å². The van der Waals surface area contributed by atoms with Crippen LogP contribution in [-0.4, -0.2) is 26.0 Å². The summed E-state index contributed by atoms with van der Waals surface area (Å²) in [6.07, 6.45) is 0.860. The van der Waals surface area contributed by atoms with Crippen LogP contribution in [0.15, 0.2) is 24.3 Å². The highest BCUT2D eigenvalue weighted by Gasteiger charge is 2.25. The number of Topliss-reactive ketones (excluding diaryl/α,β-unsaturated/α-hetero) is 1. The van der Waals surface area contributed by atoms with Crippen LogP contribution in [0.2, 0.25) is 0 Å². The van der Waals surface area contributed by atoms with Crippen molar-refractivity contribution in [3.63, 3.8) is 0 Å². The molecule has 1 aromatic carbocycles. The van der Waals surface area contributed by atoms with Crippen molar-refractivity contribution in [2.45, 2.75) is 12.3 Å². The molecule has 0 amide bonds. The second-order valence-electron chi connectivity index (χ2n) is 3.75. The van der Waals surface area contributed by atoms with Gasteiger partial charge in [0, 0.05) is 25.3 Å². The topological polar surface area (TPSA) is 38.3 Å². The Labute approximate surface area is 89.4 Å². The van der Waals surface area contributed by atoms with Crippen LogP contribution in [0.4, 0.5) is 5.69 Å². The fourth-order valence-corrected chi connectivity index (χ4v) is 2.05. The molecule has 0 bridgehead atoms. The molecule has 0 spiro atoms. The molecule has 0 aromatic heterocycles. The highest BCUT2D eigenvalue weighted by atomic mass is 16.5. The summed E-state index contributed by atoms with van der Waals surface area (Å²) in [6, 6.07) is 7.98. The number of para-hydroxylation sites is 1. The first kappa shape index (κ1) is 10.2. The lowest BCUT2D eigenvalue weighted by Gasteiger charge is -2.25. The molecule has 1 heterocycles. The van der Waals surface area contributed by atoms with Gasteiger partial charge < -0.3 is 10.1 Å². The number of hydrogen-bond acceptors (Lipinski definition) is 3. The largest absolute Gasteiger partial charge is 0.385 e. The van der Waals surface area contributed by atoms with E-state index in [1.807, 2.05) is 24.3 Å². The maximum atomic E-state index is 11.8. The van der Waals surface area contributed by atoms with Crippen molar-refractivity contribution in [3.05, 3.63) is 29.8 Å². The highest BCUT2D eigenvalue weighted by Crippen LogP contribution is 2.31. The van der Waals surface area contributed by atoms with Crippen molar-refractivity contribution in [3.8, 4) is 0 Å². The maximum absolute atomic E-state index is 11.8. The minimum absolute atomic E-state index is 0.00222. The average molecular weight is 205 g/mol. The molecule has 0 fully saturated rings. The Morgan fingerprint density at radius 3 is 3.13 bits per heavy atom. The van der Waals surface area contributed by atoms with Crippen molar-refractivity contribution in [2.75, 3.05) is 25.6 Å². The zero-order chi connectivity index (χ0) is 10.7. The van der Waals surface area contributed by atoms with Gasteiger partial charge in [0.25, 0.3) is 0 Å². The minimum Gasteiger partial charge on any atom is -0.385 e. The molecule has 1 aliphatic heterocycles. The summed E-state index contributed by atoms with van der Waals surface area (Å²) in [4.78, 5) is 11.8. The number of fused-ring (bicyclic) bond motifs is 1. The van der Waals surface area contributed by atoms with Gasteiger partial charge in [-0.25, -0.2) is 0 Å². The van der Waals surface area contributed by atoms with Crippen LogP contribution in [-0.2, 0) is 9.53 Å². The number of ether oxygens (including phenoxy) is 1. The van der Waals surface area contributed by atoms with Crippen molar-refractivity contribution < 1.29 is 9.53 Å². The third-order valence-corrected chi connectivity index (χ3v) is 2.76. The Morgan fingerprint density at radius 1 is 1.53 bits per heavy atom. The Hall–Kier alpha value is -1.35. The van der Waals surface area contributed by atoms with Crippen molar-refractivity contribution in [1.82, 2.24) is 0 Å². The van der Waals surface area contributed by atoms with E-state index in [2.05, 4.69) is 5.32 Å². The molecule has 0 aliphatic carbocycles. The van der Waals surface area contributed by atoms with E-state index in [4.69, 9.17) is 4.74 Å². The molecule has 15 heavy (non-hydrogen) atoms. The number of ketones is 1. The lowest BCUT2D eigenvalue weighted by atomic mass is 9.88. The summed E-state index contributed by atoms with van der Waals surface area (Å²) >= 11 is 0. The van der Waals surface area contributed by atoms with E-state index in [-0.39, 0.29) is 18.3 Å². The van der Waals surface area contributed by atoms with Gasteiger partial charge in [-0.1, -0.05) is 18.2 Å². The van der Waals surface area contributed by atoms with Crippen LogP contribution < -0.4 is 5.32 Å². The summed E-state index contributed by atoms with van der Waals surface area (Å²) < 4.78 is 4.90. The predicted octanol–water partition coefficient (Wildman–Crippen LogP) is 1.80. The number of nitrogens with one attached hydrogen (secondary N) is 1. The van der Waals surface area contributed by atoms with Gasteiger partial charge in [0.1, 0.15) is 6.61 Å². The first-order chi connectivity index (χ1) is 7.33. The second kappa shape index (κ2) is 4.45. The number of benzene rings is 1. The molecule has 2 rings (SSSR count). The molecule has 3 heteroatoms. The minimum atomic E-state index is 0.00222. The Kier molecular flexibility index (Phi) is 3.02. The van der Waals surface area contributed by atoms with Crippen molar-refractivity contribution >= 4 is 11.5 Å². The zero-order valence-corrected chi connectivity index (χ0v) is 8.82. The molecular formula is C12H15NO2. The summed E-state index contributed by atoms with van der Waals surface area (Å²) in [7, 11) is 1.56. The summed E-state index contributed by atoms with van der Waals surface area (Å²) in [6.45, 7) is 1.07. The number of hydrogen-bond donors (Lipinski definition) is 1. The number of rotatable bonds is 3. The summed E-state index contributed by atoms with van der Waals surface area (Å²) in [5, 5.41) is 3.30. The lowest BCUT2D eigenvalue weighted by Crippen LogP contribution is -2.25. The number of carbonyl (C=O) groups excluding carboxylic acids is 1. The molecule has 1 aromatic rings. The Morgan fingerprint density at radius 2 is 2.33 bits per heavy atom. The predicted molar refractivity (Wildman–Crippen MR) is 59.2 cm³/mol. The van der Waals surface area contributed by atoms with Crippen LogP contribution in [0, 0.1) is 0 Å². The van der Waals surface area contributed by atoms with Crippen LogP contribution >= 0.6 is 0 Å². The monoisotopic (exact) mass is 205 g/mol. The first-order valence-electron chi connectivity index (χ1n) is 5.17. The molecule has 0 saturated carbocycles. The molecule has 1 unspecified atom stereocenters. The standard InChI is InChI=1S/C12H15NO2/c1-15-8-12(14)10-6-7-13-11-5-3-2-4-9(10)11/h2-5,10,13H,6-8H2,1H3. The number of carbonyl (C=O) groups is 1. The average Bonchev–Trinajstić information content (AvgIpc) is 2.28. The molecule has 0 saturated heterocycles. The summed E-state index contributed by atoms with van der Waals surface area (Å²) in [5.41, 5.74) is 2.18. The van der Waals surface area contributed by atoms with Gasteiger partial charge in [0.15, 0.2) is 5.78 Å². The zero-order valence-electron chi connectivity index (χ0n) is 8.82. The van der Waals surface area contributed by atoms with Gasteiger partial charge in [0.2, 0.25) is 0 Å². The molecule has 1 aliphatic rings. The van der Waals surface area contributed by atoms with E-state index < -0.39 is 0 Å². The molecule has 1 N–H and O–H groups in total. The van der Waals surface area contributed by atoms with Gasteiger partial charge in [-0.2, -0.15) is 0 Å². The van der Waals surface area contributed by atoms with E-state index in [1.165, 1.54) is 0 Å². The third-order valence-electron chi connectivity index (χ3n) is 2.76. The fourth-order valence-electron chi connectivity index (χ4n) is 2.05. The Balaban J connectivity index is 2.25. The second-order valence-corrected chi connectivity index (χ2v) is 3.75. The molecule has 80 valence electrons. The third kappa shape index (κ3) is 2.02. The van der Waals surface area contributed by atoms with Crippen LogP contribution in [0.1, 0.15) is 17.9 Å². The molecule has 1 atom stereocenters. The van der Waals surface area contributed by atoms with Crippen molar-refractivity contribution in [2.24, 2.45) is 0 Å². The first-order valence-corrected chi connectivity index (χ1v) is 5.17. The smallest absolute Gasteiger partial charge is 0.166 e. The van der Waals surface area contributed by atoms with Gasteiger partial charge in [-0.15, -0.1) is 0 Å².